The minimum Gasteiger partial charge on any atom is -0.489 e. The number of aromatic nitrogens is 2. The summed E-state index contributed by atoms with van der Waals surface area (Å²) in [5.41, 5.74) is -0.639. The summed E-state index contributed by atoms with van der Waals surface area (Å²) in [6.45, 7) is -0.323. The fourth-order valence-electron chi connectivity index (χ4n) is 4.66. The molecule has 1 aliphatic rings. The number of pyridine rings is 2. The number of nitrogens with zero attached hydrogens (tertiary/aromatic N) is 3. The van der Waals surface area contributed by atoms with Crippen molar-refractivity contribution in [2.24, 2.45) is 5.73 Å². The van der Waals surface area contributed by atoms with E-state index in [0.717, 1.165) is 18.2 Å². The summed E-state index contributed by atoms with van der Waals surface area (Å²) in [4.78, 5) is 33.5. The van der Waals surface area contributed by atoms with Gasteiger partial charge in [-0.1, -0.05) is 6.07 Å². The van der Waals surface area contributed by atoms with E-state index in [4.69, 9.17) is 10.5 Å². The van der Waals surface area contributed by atoms with Gasteiger partial charge in [0, 0.05) is 28.3 Å². The van der Waals surface area contributed by atoms with E-state index in [2.05, 4.69) is 15.3 Å². The summed E-state index contributed by atoms with van der Waals surface area (Å²) in [6, 6.07) is 13.1. The van der Waals surface area contributed by atoms with E-state index in [1.807, 2.05) is 6.07 Å². The molecule has 0 radical (unpaired) electrons. The number of carbonyl (C=O) groups is 2. The van der Waals surface area contributed by atoms with Gasteiger partial charge in [0.1, 0.15) is 35.4 Å². The lowest BCUT2D eigenvalue weighted by Gasteiger charge is -2.31. The van der Waals surface area contributed by atoms with Crippen LogP contribution in [-0.4, -0.2) is 46.2 Å². The Bertz CT molecular complexity index is 1790. The van der Waals surface area contributed by atoms with E-state index >= 15 is 0 Å². The number of nitrogens with one attached hydrogen (secondary N) is 1. The van der Waals surface area contributed by atoms with Crippen LogP contribution in [0.4, 0.5) is 17.6 Å². The minimum absolute atomic E-state index is 0.0271. The van der Waals surface area contributed by atoms with E-state index in [1.54, 1.807) is 12.1 Å². The van der Waals surface area contributed by atoms with Crippen molar-refractivity contribution in [1.29, 1.82) is 5.26 Å². The van der Waals surface area contributed by atoms with Gasteiger partial charge in [-0.05, 0) is 55.5 Å². The van der Waals surface area contributed by atoms with E-state index in [9.17, 15) is 37.5 Å². The molecule has 42 heavy (non-hydrogen) atoms. The Morgan fingerprint density at radius 1 is 1.19 bits per heavy atom. The van der Waals surface area contributed by atoms with Crippen LogP contribution >= 0.6 is 0 Å². The lowest BCUT2D eigenvalue weighted by atomic mass is 9.81. The SMILES string of the molecule is C[C@]1(C(N)=O)COc2c1cc(C(O)(CNC(=O)c1cc(C#N)c3ncccc3c1)C(F)(F)F)nc2-c1ccc(F)cc1. The van der Waals surface area contributed by atoms with Gasteiger partial charge in [0.25, 0.3) is 5.91 Å². The second-order valence-electron chi connectivity index (χ2n) is 9.98. The molecule has 1 unspecified atom stereocenters. The maximum Gasteiger partial charge on any atom is 0.424 e. The summed E-state index contributed by atoms with van der Waals surface area (Å²) in [5, 5.41) is 23.1. The smallest absolute Gasteiger partial charge is 0.424 e. The third-order valence-corrected chi connectivity index (χ3v) is 7.22. The summed E-state index contributed by atoms with van der Waals surface area (Å²) >= 11 is 0. The van der Waals surface area contributed by atoms with Gasteiger partial charge in [-0.25, -0.2) is 9.37 Å². The third kappa shape index (κ3) is 4.65. The highest BCUT2D eigenvalue weighted by molar-refractivity contribution is 5.99. The highest BCUT2D eigenvalue weighted by Crippen LogP contribution is 2.47. The molecule has 4 aromatic rings. The molecule has 2 aromatic heterocycles. The molecule has 2 aromatic carbocycles. The average molecular weight is 580 g/mol. The lowest BCUT2D eigenvalue weighted by Crippen LogP contribution is -2.51. The average Bonchev–Trinajstić information content (AvgIpc) is 3.32. The Kier molecular flexibility index (Phi) is 6.82. The quantitative estimate of drug-likeness (QED) is 0.295. The number of amides is 2. The van der Waals surface area contributed by atoms with Crippen LogP contribution in [-0.2, 0) is 15.8 Å². The number of benzene rings is 2. The lowest BCUT2D eigenvalue weighted by molar-refractivity contribution is -0.265. The first kappa shape index (κ1) is 28.4. The van der Waals surface area contributed by atoms with Crippen molar-refractivity contribution in [3.8, 4) is 23.1 Å². The number of halogens is 4. The first-order valence-electron chi connectivity index (χ1n) is 12.4. The molecule has 0 saturated heterocycles. The van der Waals surface area contributed by atoms with E-state index in [1.165, 1.54) is 37.4 Å². The van der Waals surface area contributed by atoms with Crippen molar-refractivity contribution in [3.63, 3.8) is 0 Å². The van der Waals surface area contributed by atoms with Crippen molar-refractivity contribution >= 4 is 22.7 Å². The maximum atomic E-state index is 14.6. The number of carbonyl (C=O) groups excluding carboxylic acids is 2. The molecule has 0 saturated carbocycles. The molecule has 9 nitrogen and oxygen atoms in total. The van der Waals surface area contributed by atoms with Crippen LogP contribution in [0.25, 0.3) is 22.2 Å². The number of aliphatic hydroxyl groups is 1. The van der Waals surface area contributed by atoms with Crippen molar-refractivity contribution < 1.29 is 37.0 Å². The number of rotatable bonds is 6. The Morgan fingerprint density at radius 2 is 1.90 bits per heavy atom. The molecule has 13 heteroatoms. The molecule has 2 atom stereocenters. The molecule has 0 bridgehead atoms. The van der Waals surface area contributed by atoms with Crippen LogP contribution in [0, 0.1) is 17.1 Å². The Balaban J connectivity index is 1.60. The minimum atomic E-state index is -5.38. The van der Waals surface area contributed by atoms with Crippen LogP contribution in [0.2, 0.25) is 0 Å². The molecule has 2 amide bonds. The Morgan fingerprint density at radius 3 is 2.55 bits per heavy atom. The molecule has 4 N–H and O–H groups in total. The zero-order valence-corrected chi connectivity index (χ0v) is 21.8. The summed E-state index contributed by atoms with van der Waals surface area (Å²) in [5.74, 6) is -2.57. The monoisotopic (exact) mass is 579 g/mol. The second kappa shape index (κ2) is 10.1. The Labute approximate surface area is 235 Å². The number of primary amides is 1. The topological polar surface area (TPSA) is 151 Å². The normalized spacial score (nSPS) is 17.5. The maximum absolute atomic E-state index is 14.6. The largest absolute Gasteiger partial charge is 0.489 e. The number of hydrogen-bond donors (Lipinski definition) is 3. The molecular weight excluding hydrogens is 558 g/mol. The van der Waals surface area contributed by atoms with Gasteiger partial charge in [-0.15, -0.1) is 0 Å². The molecule has 3 heterocycles. The Hall–Kier alpha value is -5.09. The van der Waals surface area contributed by atoms with Crippen LogP contribution < -0.4 is 15.8 Å². The van der Waals surface area contributed by atoms with Gasteiger partial charge in [-0.3, -0.25) is 14.6 Å². The van der Waals surface area contributed by atoms with Crippen LogP contribution in [0.15, 0.2) is 60.8 Å². The van der Waals surface area contributed by atoms with Gasteiger partial charge >= 0.3 is 6.18 Å². The molecular formula is C29H21F4N5O4. The standard InChI is InChI=1S/C29H21F4N5O4/c1-27(26(35)40)14-42-24-20(27)11-21(38-23(24)15-4-6-19(30)7-5-15)28(41,29(31,32)33)13-37-25(39)17-9-16-3-2-8-36-22(16)18(10-17)12-34/h2-11,41H,13-14H2,1H3,(H2,35,40)(H,37,39)/t27-,28?/m0/s1. The predicted molar refractivity (Wildman–Crippen MR) is 140 cm³/mol. The molecule has 0 aliphatic carbocycles. The van der Waals surface area contributed by atoms with Gasteiger partial charge in [0.05, 0.1) is 23.3 Å². The zero-order valence-electron chi connectivity index (χ0n) is 21.8. The van der Waals surface area contributed by atoms with Crippen molar-refractivity contribution in [2.45, 2.75) is 24.1 Å². The van der Waals surface area contributed by atoms with E-state index in [-0.39, 0.29) is 40.3 Å². The first-order chi connectivity index (χ1) is 19.8. The van der Waals surface area contributed by atoms with Gasteiger partial charge in [-0.2, -0.15) is 18.4 Å². The highest BCUT2D eigenvalue weighted by Gasteiger charge is 2.57. The van der Waals surface area contributed by atoms with Gasteiger partial charge in [0.2, 0.25) is 11.5 Å². The van der Waals surface area contributed by atoms with Gasteiger partial charge in [0.15, 0.2) is 0 Å². The number of hydrogen-bond acceptors (Lipinski definition) is 7. The summed E-state index contributed by atoms with van der Waals surface area (Å²) < 4.78 is 63.0. The van der Waals surface area contributed by atoms with Crippen molar-refractivity contribution in [3.05, 3.63) is 89.0 Å². The van der Waals surface area contributed by atoms with Crippen LogP contribution in [0.5, 0.6) is 5.75 Å². The molecule has 5 rings (SSSR count). The molecule has 214 valence electrons. The first-order valence-corrected chi connectivity index (χ1v) is 12.4. The number of fused-ring (bicyclic) bond motifs is 2. The summed E-state index contributed by atoms with van der Waals surface area (Å²) in [6.07, 6.45) is -3.93. The van der Waals surface area contributed by atoms with Crippen LogP contribution in [0.3, 0.4) is 0 Å². The van der Waals surface area contributed by atoms with Crippen molar-refractivity contribution in [2.75, 3.05) is 13.2 Å². The van der Waals surface area contributed by atoms with Gasteiger partial charge < -0.3 is 20.9 Å². The second-order valence-corrected chi connectivity index (χ2v) is 9.98. The fourth-order valence-corrected chi connectivity index (χ4v) is 4.66. The fraction of sp³-hybridized carbons (Fsp3) is 0.207. The third-order valence-electron chi connectivity index (χ3n) is 7.22. The number of nitrogens with two attached hydrogens (primary N) is 1. The number of nitriles is 1. The number of ether oxygens (including phenoxy) is 1. The number of alkyl halides is 3. The predicted octanol–water partition coefficient (Wildman–Crippen LogP) is 3.62. The molecule has 1 aliphatic heterocycles. The highest BCUT2D eigenvalue weighted by atomic mass is 19.4. The van der Waals surface area contributed by atoms with E-state index in [0.29, 0.717) is 10.9 Å². The summed E-state index contributed by atoms with van der Waals surface area (Å²) in [7, 11) is 0. The van der Waals surface area contributed by atoms with E-state index < -0.39 is 47.1 Å². The van der Waals surface area contributed by atoms with Crippen molar-refractivity contribution in [1.82, 2.24) is 15.3 Å². The van der Waals surface area contributed by atoms with Crippen LogP contribution in [0.1, 0.15) is 34.1 Å². The molecule has 0 spiro atoms. The zero-order chi connectivity index (χ0) is 30.4. The molecule has 0 fully saturated rings.